The number of rotatable bonds is 16. The van der Waals surface area contributed by atoms with E-state index in [1.165, 1.54) is 18.1 Å². The van der Waals surface area contributed by atoms with E-state index >= 15 is 0 Å². The van der Waals surface area contributed by atoms with E-state index in [0.29, 0.717) is 17.9 Å². The number of nitrogens with zero attached hydrogens (tertiary/aromatic N) is 1. The number of carboxylic acids is 1. The predicted molar refractivity (Wildman–Crippen MR) is 146 cm³/mol. The Morgan fingerprint density at radius 2 is 1.61 bits per heavy atom. The normalized spacial score (nSPS) is 14.2. The average Bonchev–Trinajstić information content (AvgIpc) is 3.38. The van der Waals surface area contributed by atoms with Crippen molar-refractivity contribution in [3.63, 3.8) is 0 Å². The summed E-state index contributed by atoms with van der Waals surface area (Å²) >= 11 is 1.51. The molecular weight excluding hydrogens is 508 g/mol. The highest BCUT2D eigenvalue weighted by molar-refractivity contribution is 7.98. The molecule has 0 aliphatic carbocycles. The molecule has 12 heteroatoms. The van der Waals surface area contributed by atoms with Crippen molar-refractivity contribution in [3.05, 3.63) is 54.1 Å². The number of nitrogens with one attached hydrogen (secondary N) is 4. The van der Waals surface area contributed by atoms with Crippen molar-refractivity contribution in [3.8, 4) is 0 Å². The van der Waals surface area contributed by atoms with Crippen molar-refractivity contribution in [2.75, 3.05) is 12.0 Å². The quantitative estimate of drug-likeness (QED) is 0.179. The maximum Gasteiger partial charge on any atom is 0.326 e. The summed E-state index contributed by atoms with van der Waals surface area (Å²) < 4.78 is 0. The van der Waals surface area contributed by atoms with Crippen LogP contribution in [0.2, 0.25) is 0 Å². The number of hydrogen-bond acceptors (Lipinski definition) is 7. The Balaban J connectivity index is 2.10. The summed E-state index contributed by atoms with van der Waals surface area (Å²) in [5.41, 5.74) is 7.48. The van der Waals surface area contributed by atoms with Crippen molar-refractivity contribution >= 4 is 35.5 Å². The molecule has 1 aromatic heterocycles. The maximum atomic E-state index is 13.2. The molecule has 1 heterocycles. The SMILES string of the molecule is CSCCC(NC(=O)C(N)Cc1cnc[nH]1)C(=O)NC(CC(C)C)C(=O)NC(Cc1ccccc1)C(=O)O. The third kappa shape index (κ3) is 10.5. The number of carbonyl (C=O) groups is 4. The van der Waals surface area contributed by atoms with Crippen LogP contribution in [0.25, 0.3) is 0 Å². The van der Waals surface area contributed by atoms with Crippen molar-refractivity contribution in [1.29, 1.82) is 0 Å². The monoisotopic (exact) mass is 546 g/mol. The Morgan fingerprint density at radius 3 is 2.18 bits per heavy atom. The molecule has 11 nitrogen and oxygen atoms in total. The highest BCUT2D eigenvalue weighted by atomic mass is 32.2. The molecule has 0 saturated carbocycles. The number of aromatic nitrogens is 2. The number of carboxylic acid groups (broad SMARTS) is 1. The van der Waals surface area contributed by atoms with Crippen LogP contribution in [0.1, 0.15) is 37.9 Å². The van der Waals surface area contributed by atoms with Gasteiger partial charge in [-0.05, 0) is 36.3 Å². The van der Waals surface area contributed by atoms with E-state index in [-0.39, 0.29) is 25.2 Å². The highest BCUT2D eigenvalue weighted by Crippen LogP contribution is 2.10. The molecule has 1 aromatic carbocycles. The first-order valence-electron chi connectivity index (χ1n) is 12.5. The molecule has 4 atom stereocenters. The standard InChI is InChI=1S/C26H38N6O5S/c1-16(2)11-21(25(35)32-22(26(36)37)12-17-7-5-4-6-8-17)31-24(34)20(9-10-38-3)30-23(33)19(27)13-18-14-28-15-29-18/h4-8,14-16,19-22H,9-13,27H2,1-3H3,(H,28,29)(H,30,33)(H,31,34)(H,32,35)(H,36,37). The van der Waals surface area contributed by atoms with Crippen molar-refractivity contribution < 1.29 is 24.3 Å². The molecular formula is C26H38N6O5S. The first-order chi connectivity index (χ1) is 18.1. The molecule has 0 bridgehead atoms. The van der Waals surface area contributed by atoms with Gasteiger partial charge in [0.1, 0.15) is 18.1 Å². The lowest BCUT2D eigenvalue weighted by molar-refractivity contribution is -0.142. The molecule has 0 spiro atoms. The summed E-state index contributed by atoms with van der Waals surface area (Å²) in [6.45, 7) is 3.79. The topological polar surface area (TPSA) is 179 Å². The minimum absolute atomic E-state index is 0.0329. The fourth-order valence-electron chi connectivity index (χ4n) is 3.81. The number of thioether (sulfide) groups is 1. The van der Waals surface area contributed by atoms with Gasteiger partial charge in [-0.3, -0.25) is 14.4 Å². The molecule has 0 aliphatic heterocycles. The number of imidazole rings is 1. The smallest absolute Gasteiger partial charge is 0.326 e. The molecule has 0 radical (unpaired) electrons. The molecule has 0 aliphatic rings. The second kappa shape index (κ2) is 15.8. The Bertz CT molecular complexity index is 1030. The van der Waals surface area contributed by atoms with Crippen LogP contribution in [0.5, 0.6) is 0 Å². The van der Waals surface area contributed by atoms with E-state index in [1.807, 2.05) is 26.2 Å². The zero-order valence-electron chi connectivity index (χ0n) is 22.0. The van der Waals surface area contributed by atoms with Gasteiger partial charge in [0, 0.05) is 24.7 Å². The van der Waals surface area contributed by atoms with Crippen LogP contribution < -0.4 is 21.7 Å². The summed E-state index contributed by atoms with van der Waals surface area (Å²) in [6, 6.07) is 5.02. The van der Waals surface area contributed by atoms with Gasteiger partial charge in [0.05, 0.1) is 12.4 Å². The van der Waals surface area contributed by atoms with Crippen LogP contribution >= 0.6 is 11.8 Å². The molecule has 0 saturated heterocycles. The second-order valence-electron chi connectivity index (χ2n) is 9.51. The van der Waals surface area contributed by atoms with Crippen LogP contribution in [0.4, 0.5) is 0 Å². The van der Waals surface area contributed by atoms with Gasteiger partial charge in [0.25, 0.3) is 0 Å². The number of aliphatic carboxylic acids is 1. The highest BCUT2D eigenvalue weighted by Gasteiger charge is 2.30. The Kier molecular flexibility index (Phi) is 12.8. The second-order valence-corrected chi connectivity index (χ2v) is 10.5. The number of carbonyl (C=O) groups excluding carboxylic acids is 3. The number of hydrogen-bond donors (Lipinski definition) is 6. The number of amides is 3. The van der Waals surface area contributed by atoms with Crippen LogP contribution in [0.15, 0.2) is 42.9 Å². The van der Waals surface area contributed by atoms with Crippen LogP contribution in [-0.2, 0) is 32.0 Å². The molecule has 7 N–H and O–H groups in total. The minimum Gasteiger partial charge on any atom is -0.480 e. The largest absolute Gasteiger partial charge is 0.480 e. The summed E-state index contributed by atoms with van der Waals surface area (Å²) in [5, 5.41) is 17.7. The third-order valence-electron chi connectivity index (χ3n) is 5.81. The van der Waals surface area contributed by atoms with Crippen molar-refractivity contribution in [1.82, 2.24) is 25.9 Å². The minimum atomic E-state index is -1.17. The molecule has 2 rings (SSSR count). The lowest BCUT2D eigenvalue weighted by Crippen LogP contribution is -2.57. The molecule has 3 amide bonds. The lowest BCUT2D eigenvalue weighted by atomic mass is 10.0. The fourth-order valence-corrected chi connectivity index (χ4v) is 4.28. The van der Waals surface area contributed by atoms with Gasteiger partial charge in [-0.1, -0.05) is 44.2 Å². The maximum absolute atomic E-state index is 13.2. The number of nitrogens with two attached hydrogens (primary N) is 1. The average molecular weight is 547 g/mol. The molecule has 2 aromatic rings. The van der Waals surface area contributed by atoms with Gasteiger partial charge in [-0.15, -0.1) is 0 Å². The lowest BCUT2D eigenvalue weighted by Gasteiger charge is -2.26. The third-order valence-corrected chi connectivity index (χ3v) is 6.46. The van der Waals surface area contributed by atoms with Crippen molar-refractivity contribution in [2.24, 2.45) is 11.7 Å². The van der Waals surface area contributed by atoms with Crippen LogP contribution in [0, 0.1) is 5.92 Å². The van der Waals surface area contributed by atoms with E-state index in [2.05, 4.69) is 25.9 Å². The van der Waals surface area contributed by atoms with E-state index < -0.39 is 47.9 Å². The molecule has 4 unspecified atom stereocenters. The predicted octanol–water partition coefficient (Wildman–Crippen LogP) is 0.860. The van der Waals surface area contributed by atoms with Gasteiger partial charge >= 0.3 is 5.97 Å². The van der Waals surface area contributed by atoms with E-state index in [1.54, 1.807) is 30.5 Å². The first-order valence-corrected chi connectivity index (χ1v) is 13.9. The summed E-state index contributed by atoms with van der Waals surface area (Å²) in [6.07, 6.45) is 5.89. The van der Waals surface area contributed by atoms with Gasteiger partial charge in [-0.2, -0.15) is 11.8 Å². The summed E-state index contributed by atoms with van der Waals surface area (Å²) in [5.74, 6) is -2.18. The van der Waals surface area contributed by atoms with E-state index in [4.69, 9.17) is 5.73 Å². The molecule has 0 fully saturated rings. The van der Waals surface area contributed by atoms with E-state index in [0.717, 1.165) is 5.56 Å². The van der Waals surface area contributed by atoms with Crippen LogP contribution in [0.3, 0.4) is 0 Å². The summed E-state index contributed by atoms with van der Waals surface area (Å²) in [7, 11) is 0. The van der Waals surface area contributed by atoms with Gasteiger partial charge in [0.2, 0.25) is 17.7 Å². The van der Waals surface area contributed by atoms with Crippen molar-refractivity contribution in [2.45, 2.75) is 63.7 Å². The number of aromatic amines is 1. The Labute approximate surface area is 227 Å². The van der Waals surface area contributed by atoms with Gasteiger partial charge < -0.3 is 31.8 Å². The van der Waals surface area contributed by atoms with Crippen LogP contribution in [-0.4, -0.2) is 74.9 Å². The zero-order valence-corrected chi connectivity index (χ0v) is 22.8. The van der Waals surface area contributed by atoms with E-state index in [9.17, 15) is 24.3 Å². The molecule has 208 valence electrons. The number of benzene rings is 1. The summed E-state index contributed by atoms with van der Waals surface area (Å²) in [4.78, 5) is 57.8. The van der Waals surface area contributed by atoms with Gasteiger partial charge in [-0.25, -0.2) is 9.78 Å². The first kappa shape index (κ1) is 30.8. The Hall–Kier alpha value is -3.38. The van der Waals surface area contributed by atoms with Gasteiger partial charge in [0.15, 0.2) is 0 Å². The number of H-pyrrole nitrogens is 1. The fraction of sp³-hybridized carbons (Fsp3) is 0.500. The molecule has 38 heavy (non-hydrogen) atoms. The Morgan fingerprint density at radius 1 is 0.974 bits per heavy atom. The zero-order chi connectivity index (χ0) is 28.1.